The number of nitrogens with zero attached hydrogens (tertiary/aromatic N) is 6. The van der Waals surface area contributed by atoms with Crippen molar-refractivity contribution < 1.29 is 9.47 Å². The van der Waals surface area contributed by atoms with Crippen LogP contribution in [-0.2, 0) is 4.74 Å². The van der Waals surface area contributed by atoms with E-state index in [9.17, 15) is 0 Å². The number of fused-ring (bicyclic) bond motifs is 1. The molecule has 5 rings (SSSR count). The second-order valence-electron chi connectivity index (χ2n) is 8.59. The fourth-order valence-corrected chi connectivity index (χ4v) is 4.46. The molecule has 3 N–H and O–H groups in total. The van der Waals surface area contributed by atoms with Gasteiger partial charge in [0.25, 0.3) is 0 Å². The van der Waals surface area contributed by atoms with Crippen LogP contribution in [-0.4, -0.2) is 78.0 Å². The van der Waals surface area contributed by atoms with Gasteiger partial charge in [0.05, 0.1) is 66.0 Å². The summed E-state index contributed by atoms with van der Waals surface area (Å²) in [7, 11) is 3.64. The largest absolute Gasteiger partial charge is 0.494 e. The molecule has 0 radical (unpaired) electrons. The van der Waals surface area contributed by atoms with Crippen LogP contribution in [0.25, 0.3) is 16.8 Å². The van der Waals surface area contributed by atoms with Crippen molar-refractivity contribution in [1.82, 2.24) is 24.5 Å². The van der Waals surface area contributed by atoms with E-state index in [2.05, 4.69) is 25.2 Å². The second kappa shape index (κ2) is 10.6. The molecule has 1 saturated heterocycles. The van der Waals surface area contributed by atoms with Crippen LogP contribution in [0.1, 0.15) is 0 Å². The first-order valence-electron chi connectivity index (χ1n) is 11.7. The number of ether oxygens (including phenoxy) is 2. The maximum atomic E-state index is 6.49. The average molecular weight is 509 g/mol. The normalized spacial score (nSPS) is 14.2. The quantitative estimate of drug-likeness (QED) is 0.345. The smallest absolute Gasteiger partial charge is 0.227 e. The topological polar surface area (TPSA) is 106 Å². The number of pyridine rings is 1. The Bertz CT molecular complexity index is 1360. The Kier molecular flexibility index (Phi) is 7.08. The van der Waals surface area contributed by atoms with Gasteiger partial charge in [-0.1, -0.05) is 17.7 Å². The third-order valence-corrected chi connectivity index (χ3v) is 6.56. The fourth-order valence-electron chi connectivity index (χ4n) is 4.27. The average Bonchev–Trinajstić information content (AvgIpc) is 3.33. The Morgan fingerprint density at radius 2 is 2.06 bits per heavy atom. The minimum absolute atomic E-state index is 0.384. The number of nitrogens with one attached hydrogen (secondary N) is 1. The summed E-state index contributed by atoms with van der Waals surface area (Å²) < 4.78 is 12.8. The van der Waals surface area contributed by atoms with E-state index in [-0.39, 0.29) is 0 Å². The Hall–Kier alpha value is -3.60. The number of anilines is 4. The van der Waals surface area contributed by atoms with Gasteiger partial charge in [-0.05, 0) is 18.2 Å². The standard InChI is InChI=1S/C25H29ClN8O2/c1-32(7-8-33-9-11-36-12-10-33)22-14-20(23(35-2)13-19(22)27)30-25-28-16-18(26)24(31-25)17-15-29-34-6-4-3-5-21(17)34/h3-6,13-16H,7-12,27H2,1-2H3,(H,28,30,31). The molecule has 1 aliphatic rings. The van der Waals surface area contributed by atoms with E-state index < -0.39 is 0 Å². The van der Waals surface area contributed by atoms with Gasteiger partial charge in [-0.3, -0.25) is 4.90 Å². The number of hydrogen-bond acceptors (Lipinski definition) is 9. The summed E-state index contributed by atoms with van der Waals surface area (Å²) in [6, 6.07) is 9.60. The lowest BCUT2D eigenvalue weighted by Gasteiger charge is -2.30. The summed E-state index contributed by atoms with van der Waals surface area (Å²) in [5.74, 6) is 0.976. The number of rotatable bonds is 8. The van der Waals surface area contributed by atoms with E-state index in [1.165, 1.54) is 0 Å². The molecular weight excluding hydrogens is 480 g/mol. The number of morpholine rings is 1. The minimum Gasteiger partial charge on any atom is -0.494 e. The van der Waals surface area contributed by atoms with Gasteiger partial charge < -0.3 is 25.4 Å². The second-order valence-corrected chi connectivity index (χ2v) is 9.00. The van der Waals surface area contributed by atoms with E-state index in [0.29, 0.717) is 33.8 Å². The van der Waals surface area contributed by atoms with Crippen LogP contribution in [0.15, 0.2) is 48.9 Å². The van der Waals surface area contributed by atoms with Crippen molar-refractivity contribution in [2.45, 2.75) is 0 Å². The van der Waals surface area contributed by atoms with E-state index >= 15 is 0 Å². The SMILES string of the molecule is COc1cc(N)c(N(C)CCN2CCOCC2)cc1Nc1ncc(Cl)c(-c2cnn3ccccc23)n1. The molecule has 188 valence electrons. The number of nitrogens with two attached hydrogens (primary N) is 1. The molecule has 0 atom stereocenters. The molecule has 0 unspecified atom stereocenters. The highest BCUT2D eigenvalue weighted by molar-refractivity contribution is 6.33. The van der Waals surface area contributed by atoms with Crippen molar-refractivity contribution in [3.05, 3.63) is 53.9 Å². The first kappa shape index (κ1) is 24.1. The summed E-state index contributed by atoms with van der Waals surface area (Å²) in [4.78, 5) is 13.6. The van der Waals surface area contributed by atoms with E-state index in [1.54, 1.807) is 24.0 Å². The van der Waals surface area contributed by atoms with Crippen molar-refractivity contribution in [1.29, 1.82) is 0 Å². The van der Waals surface area contributed by atoms with Crippen LogP contribution < -0.4 is 20.7 Å². The van der Waals surface area contributed by atoms with Crippen LogP contribution in [0.3, 0.4) is 0 Å². The van der Waals surface area contributed by atoms with Crippen LogP contribution >= 0.6 is 11.6 Å². The van der Waals surface area contributed by atoms with Crippen LogP contribution in [0, 0.1) is 0 Å². The monoisotopic (exact) mass is 508 g/mol. The Morgan fingerprint density at radius 3 is 2.86 bits per heavy atom. The Morgan fingerprint density at radius 1 is 1.22 bits per heavy atom. The summed E-state index contributed by atoms with van der Waals surface area (Å²) in [6.07, 6.45) is 5.21. The van der Waals surface area contributed by atoms with E-state index in [0.717, 1.165) is 56.2 Å². The summed E-state index contributed by atoms with van der Waals surface area (Å²) in [5.41, 5.74) is 10.9. The maximum absolute atomic E-state index is 6.49. The molecule has 0 bridgehead atoms. The maximum Gasteiger partial charge on any atom is 0.227 e. The first-order chi connectivity index (χ1) is 17.5. The highest BCUT2D eigenvalue weighted by Gasteiger charge is 2.17. The third kappa shape index (κ3) is 5.01. The lowest BCUT2D eigenvalue weighted by Crippen LogP contribution is -2.40. The molecule has 4 aromatic rings. The highest BCUT2D eigenvalue weighted by atomic mass is 35.5. The number of aromatic nitrogens is 4. The van der Waals surface area contributed by atoms with Crippen molar-refractivity contribution >= 4 is 40.1 Å². The van der Waals surface area contributed by atoms with Crippen LogP contribution in [0.5, 0.6) is 5.75 Å². The van der Waals surface area contributed by atoms with Crippen molar-refractivity contribution in [2.75, 3.05) is 69.5 Å². The van der Waals surface area contributed by atoms with E-state index in [1.807, 2.05) is 43.6 Å². The van der Waals surface area contributed by atoms with Gasteiger partial charge in [-0.15, -0.1) is 0 Å². The van der Waals surface area contributed by atoms with Gasteiger partial charge in [-0.2, -0.15) is 5.10 Å². The molecule has 36 heavy (non-hydrogen) atoms. The number of halogens is 1. The molecule has 1 aromatic carbocycles. The predicted octanol–water partition coefficient (Wildman–Crippen LogP) is 3.55. The molecule has 1 aliphatic heterocycles. The zero-order valence-corrected chi connectivity index (χ0v) is 21.1. The minimum atomic E-state index is 0.384. The number of benzene rings is 1. The summed E-state index contributed by atoms with van der Waals surface area (Å²) in [6.45, 7) is 5.20. The van der Waals surface area contributed by atoms with Crippen molar-refractivity contribution in [2.24, 2.45) is 0 Å². The third-order valence-electron chi connectivity index (χ3n) is 6.29. The van der Waals surface area contributed by atoms with Gasteiger partial charge in [-0.25, -0.2) is 14.5 Å². The Labute approximate surface area is 214 Å². The fraction of sp³-hybridized carbons (Fsp3) is 0.320. The lowest BCUT2D eigenvalue weighted by atomic mass is 10.2. The van der Waals surface area contributed by atoms with Gasteiger partial charge in [0.1, 0.15) is 5.75 Å². The summed E-state index contributed by atoms with van der Waals surface area (Å²) >= 11 is 6.49. The van der Waals surface area contributed by atoms with Gasteiger partial charge >= 0.3 is 0 Å². The molecule has 10 nitrogen and oxygen atoms in total. The molecule has 0 spiro atoms. The summed E-state index contributed by atoms with van der Waals surface area (Å²) in [5, 5.41) is 8.12. The van der Waals surface area contributed by atoms with Crippen molar-refractivity contribution in [3.8, 4) is 17.0 Å². The molecule has 0 amide bonds. The first-order valence-corrected chi connectivity index (χ1v) is 12.1. The molecule has 1 fully saturated rings. The number of hydrogen-bond donors (Lipinski definition) is 2. The molecule has 11 heteroatoms. The Balaban J connectivity index is 1.41. The van der Waals surface area contributed by atoms with Gasteiger partial charge in [0, 0.05) is 51.1 Å². The molecule has 3 aromatic heterocycles. The zero-order valence-electron chi connectivity index (χ0n) is 20.3. The number of methoxy groups -OCH3 is 1. The van der Waals surface area contributed by atoms with Gasteiger partial charge in [0.2, 0.25) is 5.95 Å². The highest BCUT2D eigenvalue weighted by Crippen LogP contribution is 2.37. The van der Waals surface area contributed by atoms with Crippen molar-refractivity contribution in [3.63, 3.8) is 0 Å². The molecular formula is C25H29ClN8O2. The predicted molar refractivity (Wildman–Crippen MR) is 142 cm³/mol. The molecule has 0 saturated carbocycles. The number of likely N-dealkylation sites (N-methyl/N-ethyl adjacent to an activating group) is 1. The van der Waals surface area contributed by atoms with Crippen LogP contribution in [0.2, 0.25) is 5.02 Å². The zero-order chi connectivity index (χ0) is 25.1. The van der Waals surface area contributed by atoms with E-state index in [4.69, 9.17) is 31.8 Å². The molecule has 4 heterocycles. The van der Waals surface area contributed by atoms with Gasteiger partial charge in [0.15, 0.2) is 0 Å². The lowest BCUT2D eigenvalue weighted by molar-refractivity contribution is 0.0393. The molecule has 0 aliphatic carbocycles. The number of nitrogen functional groups attached to an aromatic ring is 1. The van der Waals surface area contributed by atoms with Crippen LogP contribution in [0.4, 0.5) is 23.0 Å².